The lowest BCUT2D eigenvalue weighted by Crippen LogP contribution is -2.18. The van der Waals surface area contributed by atoms with Gasteiger partial charge in [-0.15, -0.1) is 0 Å². The third-order valence-electron chi connectivity index (χ3n) is 19.1. The van der Waals surface area contributed by atoms with E-state index in [0.29, 0.717) is 0 Å². The Morgan fingerprint density at radius 2 is 0.725 bits per heavy atom. The molecule has 0 unspecified atom stereocenters. The van der Waals surface area contributed by atoms with Crippen molar-refractivity contribution in [3.8, 4) is 44.5 Å². The molecule has 4 heterocycles. The number of furan rings is 4. The second-order valence-electron chi connectivity index (χ2n) is 24.3. The average molecular weight is 1030 g/mol. The maximum Gasteiger partial charge on any atom is 0.143 e. The van der Waals surface area contributed by atoms with Gasteiger partial charge < -0.3 is 22.6 Å². The molecule has 0 aliphatic heterocycles. The quantitative estimate of drug-likeness (QED) is 0.176. The smallest absolute Gasteiger partial charge is 0.143 e. The summed E-state index contributed by atoms with van der Waals surface area (Å²) in [5.41, 5.74) is 27.1. The molecule has 380 valence electrons. The molecule has 18 rings (SSSR count). The summed E-state index contributed by atoms with van der Waals surface area (Å²) in [7, 11) is 0. The Bertz CT molecular complexity index is 5300. The molecule has 4 aromatic heterocycles. The summed E-state index contributed by atoms with van der Waals surface area (Å²) in [6, 6.07) is 73.1. The predicted molar refractivity (Wildman–Crippen MR) is 328 cm³/mol. The molecule has 5 heteroatoms. The van der Waals surface area contributed by atoms with Crippen LogP contribution < -0.4 is 4.90 Å². The molecule has 0 saturated heterocycles. The molecule has 3 aliphatic carbocycles. The Morgan fingerprint density at radius 3 is 1.45 bits per heavy atom. The topological polar surface area (TPSA) is 55.8 Å². The van der Waals surface area contributed by atoms with Crippen LogP contribution >= 0.6 is 0 Å². The first-order chi connectivity index (χ1) is 38.9. The molecular weight excluding hydrogens is 979 g/mol. The minimum Gasteiger partial charge on any atom is -0.456 e. The molecule has 80 heavy (non-hydrogen) atoms. The maximum absolute atomic E-state index is 7.02. The van der Waals surface area contributed by atoms with Crippen LogP contribution in [0.4, 0.5) is 17.1 Å². The molecule has 0 saturated carbocycles. The van der Waals surface area contributed by atoms with Gasteiger partial charge in [0, 0.05) is 88.0 Å². The van der Waals surface area contributed by atoms with Crippen LogP contribution in [0.15, 0.2) is 218 Å². The average Bonchev–Trinajstić information content (AvgIpc) is 4.51. The van der Waals surface area contributed by atoms with E-state index in [2.05, 4.69) is 234 Å². The number of nitrogens with zero attached hydrogens (tertiary/aromatic N) is 1. The van der Waals surface area contributed by atoms with E-state index in [1.54, 1.807) is 0 Å². The molecule has 0 N–H and O–H groups in total. The second-order valence-corrected chi connectivity index (χ2v) is 24.3. The number of fused-ring (bicyclic) bond motifs is 23. The van der Waals surface area contributed by atoms with E-state index >= 15 is 0 Å². The molecule has 5 nitrogen and oxygen atoms in total. The first kappa shape index (κ1) is 44.4. The molecule has 0 amide bonds. The number of anilines is 3. The van der Waals surface area contributed by atoms with Crippen molar-refractivity contribution >= 4 is 105 Å². The van der Waals surface area contributed by atoms with Gasteiger partial charge in [-0.1, -0.05) is 145 Å². The van der Waals surface area contributed by atoms with Gasteiger partial charge in [-0.05, 0) is 163 Å². The lowest BCUT2D eigenvalue weighted by atomic mass is 9.79. The van der Waals surface area contributed by atoms with Crippen molar-refractivity contribution in [2.45, 2.75) is 57.8 Å². The van der Waals surface area contributed by atoms with Crippen molar-refractivity contribution in [2.75, 3.05) is 4.90 Å². The number of benzene rings is 11. The van der Waals surface area contributed by atoms with E-state index in [9.17, 15) is 0 Å². The first-order valence-electron chi connectivity index (χ1n) is 28.0. The van der Waals surface area contributed by atoms with Crippen LogP contribution in [0.5, 0.6) is 0 Å². The Kier molecular flexibility index (Phi) is 8.30. The van der Waals surface area contributed by atoms with E-state index in [1.807, 2.05) is 12.1 Å². The van der Waals surface area contributed by atoms with E-state index in [4.69, 9.17) is 17.7 Å². The largest absolute Gasteiger partial charge is 0.456 e. The zero-order chi connectivity index (χ0) is 53.3. The van der Waals surface area contributed by atoms with E-state index in [1.165, 1.54) is 77.5 Å². The highest BCUT2D eigenvalue weighted by Gasteiger charge is 2.44. The lowest BCUT2D eigenvalue weighted by molar-refractivity contribution is 0.651. The van der Waals surface area contributed by atoms with Crippen LogP contribution in [0.25, 0.3) is 132 Å². The van der Waals surface area contributed by atoms with Gasteiger partial charge in [0.05, 0.1) is 0 Å². The summed E-state index contributed by atoms with van der Waals surface area (Å²) < 4.78 is 26.7. The Balaban J connectivity index is 0.828. The Morgan fingerprint density at radius 1 is 0.263 bits per heavy atom. The standard InChI is InChI=1S/C75H51NO4/c1-73(2)54-32-33-65-70(49-18-9-13-23-62(49)78-65)69(54)53-39-57-51(37-58(53)73)43-29-26-40(34-55(43)74(57,3)4)76(42-27-30-45-44-16-7-11-21-60(44)79-66(45)36-42)41-28-31-47-56(35-41)75(5,6)59-38-52(72-71(68(47)59)50-19-10-14-24-63(50)80-72)46-20-15-25-64-67(46)48-17-8-12-22-61(48)77-64/h7-39H,1-6H3. The van der Waals surface area contributed by atoms with E-state index < -0.39 is 5.41 Å². The number of hydrogen-bond acceptors (Lipinski definition) is 5. The second kappa shape index (κ2) is 15.0. The number of para-hydroxylation sites is 4. The van der Waals surface area contributed by atoms with Crippen molar-refractivity contribution in [3.05, 3.63) is 234 Å². The van der Waals surface area contributed by atoms with Gasteiger partial charge >= 0.3 is 0 Å². The summed E-state index contributed by atoms with van der Waals surface area (Å²) in [4.78, 5) is 2.45. The predicted octanol–water partition coefficient (Wildman–Crippen LogP) is 21.3. The van der Waals surface area contributed by atoms with Gasteiger partial charge in [-0.3, -0.25) is 0 Å². The summed E-state index contributed by atoms with van der Waals surface area (Å²) in [6.07, 6.45) is 0. The van der Waals surface area contributed by atoms with Crippen molar-refractivity contribution < 1.29 is 17.7 Å². The Labute approximate surface area is 460 Å². The van der Waals surface area contributed by atoms with Gasteiger partial charge in [0.2, 0.25) is 0 Å². The monoisotopic (exact) mass is 1030 g/mol. The zero-order valence-electron chi connectivity index (χ0n) is 45.1. The minimum atomic E-state index is -0.397. The molecule has 3 aliphatic rings. The fourth-order valence-electron chi connectivity index (χ4n) is 15.1. The molecule has 0 spiro atoms. The summed E-state index contributed by atoms with van der Waals surface area (Å²) in [5.74, 6) is 0. The highest BCUT2D eigenvalue weighted by atomic mass is 16.3. The van der Waals surface area contributed by atoms with Crippen molar-refractivity contribution in [1.29, 1.82) is 0 Å². The highest BCUT2D eigenvalue weighted by molar-refractivity contribution is 6.22. The van der Waals surface area contributed by atoms with Gasteiger partial charge in [0.15, 0.2) is 0 Å². The number of hydrogen-bond donors (Lipinski definition) is 0. The Hall–Kier alpha value is -9.58. The van der Waals surface area contributed by atoms with Crippen molar-refractivity contribution in [2.24, 2.45) is 0 Å². The van der Waals surface area contributed by atoms with Gasteiger partial charge in [0.25, 0.3) is 0 Å². The molecule has 15 aromatic rings. The first-order valence-corrected chi connectivity index (χ1v) is 28.0. The lowest BCUT2D eigenvalue weighted by Gasteiger charge is -2.29. The highest BCUT2D eigenvalue weighted by Crippen LogP contribution is 2.61. The van der Waals surface area contributed by atoms with Crippen LogP contribution in [-0.4, -0.2) is 0 Å². The summed E-state index contributed by atoms with van der Waals surface area (Å²) >= 11 is 0. The van der Waals surface area contributed by atoms with E-state index in [0.717, 1.165) is 105 Å². The third-order valence-corrected chi connectivity index (χ3v) is 19.1. The van der Waals surface area contributed by atoms with Crippen molar-refractivity contribution in [3.63, 3.8) is 0 Å². The fourth-order valence-corrected chi connectivity index (χ4v) is 15.1. The van der Waals surface area contributed by atoms with E-state index in [-0.39, 0.29) is 10.8 Å². The minimum absolute atomic E-state index is 0.201. The molecule has 0 fully saturated rings. The fraction of sp³-hybridized carbons (Fsp3) is 0.120. The van der Waals surface area contributed by atoms with Crippen LogP contribution in [0.1, 0.15) is 74.9 Å². The molecule has 11 aromatic carbocycles. The molecular formula is C75H51NO4. The number of rotatable bonds is 4. The van der Waals surface area contributed by atoms with Crippen LogP contribution in [0, 0.1) is 0 Å². The third kappa shape index (κ3) is 5.56. The molecule has 0 radical (unpaired) electrons. The SMILES string of the molecule is CC1(C)c2cc(N(c3ccc4c(c3)C(C)(C)c3cc(-c5cccc6oc7ccccc7c56)c5oc6ccccc6c5c3-4)c3ccc4c(c3)oc3ccccc34)ccc2-c2cc3c(cc21)-c1c(ccc2oc4ccccc4c12)C3(C)C. The van der Waals surface area contributed by atoms with Crippen LogP contribution in [-0.2, 0) is 16.2 Å². The van der Waals surface area contributed by atoms with Gasteiger partial charge in [0.1, 0.15) is 44.7 Å². The maximum atomic E-state index is 7.02. The van der Waals surface area contributed by atoms with Gasteiger partial charge in [-0.25, -0.2) is 0 Å². The summed E-state index contributed by atoms with van der Waals surface area (Å²) in [5, 5.41) is 9.04. The van der Waals surface area contributed by atoms with Crippen molar-refractivity contribution in [1.82, 2.24) is 0 Å². The van der Waals surface area contributed by atoms with Gasteiger partial charge in [-0.2, -0.15) is 0 Å². The van der Waals surface area contributed by atoms with Crippen LogP contribution in [0.3, 0.4) is 0 Å². The molecule has 0 atom stereocenters. The van der Waals surface area contributed by atoms with Crippen LogP contribution in [0.2, 0.25) is 0 Å². The zero-order valence-corrected chi connectivity index (χ0v) is 45.1. The summed E-state index contributed by atoms with van der Waals surface area (Å²) in [6.45, 7) is 14.4. The molecule has 0 bridgehead atoms. The normalized spacial score (nSPS) is 15.2.